The second-order valence-electron chi connectivity index (χ2n) is 9.29. The van der Waals surface area contributed by atoms with E-state index in [2.05, 4.69) is 9.67 Å². The maximum atomic E-state index is 6.72. The van der Waals surface area contributed by atoms with Crippen LogP contribution in [-0.2, 0) is 12.0 Å². The normalized spacial score (nSPS) is 28.7. The molecule has 28 heavy (non-hydrogen) atoms. The molecule has 0 bridgehead atoms. The SMILES string of the molecule is NC1CCC(N)(c2nccc(-c3cnn(C4CCCC4)c3CC3CC3)n2)CC1. The van der Waals surface area contributed by atoms with E-state index in [4.69, 9.17) is 21.5 Å². The zero-order valence-electron chi connectivity index (χ0n) is 16.7. The van der Waals surface area contributed by atoms with Gasteiger partial charge in [0, 0.05) is 23.5 Å². The molecule has 3 aliphatic carbocycles. The quantitative estimate of drug-likeness (QED) is 0.828. The monoisotopic (exact) mass is 380 g/mol. The van der Waals surface area contributed by atoms with E-state index in [9.17, 15) is 0 Å². The molecule has 2 heterocycles. The third kappa shape index (κ3) is 3.48. The summed E-state index contributed by atoms with van der Waals surface area (Å²) in [5.41, 5.74) is 15.9. The Labute approximate surface area is 167 Å². The minimum Gasteiger partial charge on any atom is -0.328 e. The molecule has 0 atom stereocenters. The van der Waals surface area contributed by atoms with Crippen LogP contribution in [0.1, 0.15) is 81.8 Å². The molecule has 150 valence electrons. The smallest absolute Gasteiger partial charge is 0.148 e. The summed E-state index contributed by atoms with van der Waals surface area (Å²) in [6.07, 6.45) is 16.4. The Balaban J connectivity index is 1.49. The van der Waals surface area contributed by atoms with Gasteiger partial charge in [-0.3, -0.25) is 4.68 Å². The standard InChI is InChI=1S/C22H32N6/c23-16-7-10-22(24,11-8-16)21-25-12-9-19(27-21)18-14-26-28(17-3-1-2-4-17)20(18)13-15-5-6-15/h9,12,14-17H,1-8,10-11,13,23-24H2. The summed E-state index contributed by atoms with van der Waals surface area (Å²) in [6, 6.07) is 2.84. The first-order chi connectivity index (χ1) is 13.6. The molecule has 0 aromatic carbocycles. The van der Waals surface area contributed by atoms with Crippen molar-refractivity contribution in [3.63, 3.8) is 0 Å². The first kappa shape index (κ1) is 18.3. The average molecular weight is 381 g/mol. The Bertz CT molecular complexity index is 825. The van der Waals surface area contributed by atoms with Crippen LogP contribution in [0.25, 0.3) is 11.3 Å². The number of aromatic nitrogens is 4. The molecule has 4 N–H and O–H groups in total. The second kappa shape index (κ2) is 7.23. The summed E-state index contributed by atoms with van der Waals surface area (Å²) in [6.45, 7) is 0. The Morgan fingerprint density at radius 3 is 2.54 bits per heavy atom. The van der Waals surface area contributed by atoms with Crippen molar-refractivity contribution in [1.29, 1.82) is 0 Å². The maximum Gasteiger partial charge on any atom is 0.148 e. The number of hydrogen-bond acceptors (Lipinski definition) is 5. The Morgan fingerprint density at radius 2 is 1.82 bits per heavy atom. The van der Waals surface area contributed by atoms with Crippen molar-refractivity contribution in [2.24, 2.45) is 17.4 Å². The third-order valence-corrected chi connectivity index (χ3v) is 7.05. The van der Waals surface area contributed by atoms with Crippen molar-refractivity contribution in [3.05, 3.63) is 30.0 Å². The number of rotatable bonds is 5. The van der Waals surface area contributed by atoms with Crippen molar-refractivity contribution in [1.82, 2.24) is 19.7 Å². The van der Waals surface area contributed by atoms with Gasteiger partial charge in [0.25, 0.3) is 0 Å². The van der Waals surface area contributed by atoms with Crippen LogP contribution in [0.15, 0.2) is 18.5 Å². The van der Waals surface area contributed by atoms with Crippen LogP contribution in [-0.4, -0.2) is 25.8 Å². The van der Waals surface area contributed by atoms with Gasteiger partial charge in [0.2, 0.25) is 0 Å². The first-order valence-electron chi connectivity index (χ1n) is 11.1. The fourth-order valence-corrected chi connectivity index (χ4v) is 4.99. The zero-order chi connectivity index (χ0) is 19.1. The summed E-state index contributed by atoms with van der Waals surface area (Å²) in [4.78, 5) is 9.53. The Kier molecular flexibility index (Phi) is 4.71. The van der Waals surface area contributed by atoms with Gasteiger partial charge in [-0.25, -0.2) is 9.97 Å². The molecule has 2 aromatic heterocycles. The lowest BCUT2D eigenvalue weighted by molar-refractivity contribution is 0.265. The van der Waals surface area contributed by atoms with Crippen LogP contribution in [0.5, 0.6) is 0 Å². The summed E-state index contributed by atoms with van der Waals surface area (Å²) in [5, 5.41) is 4.83. The molecule has 0 unspecified atom stereocenters. The fourth-order valence-electron chi connectivity index (χ4n) is 4.99. The van der Waals surface area contributed by atoms with Gasteiger partial charge in [-0.2, -0.15) is 5.10 Å². The van der Waals surface area contributed by atoms with E-state index in [-0.39, 0.29) is 6.04 Å². The van der Waals surface area contributed by atoms with Gasteiger partial charge in [0.1, 0.15) is 5.82 Å². The number of hydrogen-bond donors (Lipinski definition) is 2. The average Bonchev–Trinajstić information content (AvgIpc) is 3.19. The van der Waals surface area contributed by atoms with Gasteiger partial charge in [-0.1, -0.05) is 12.8 Å². The van der Waals surface area contributed by atoms with Gasteiger partial charge in [0.05, 0.1) is 23.5 Å². The topological polar surface area (TPSA) is 95.6 Å². The van der Waals surface area contributed by atoms with Crippen LogP contribution in [0.4, 0.5) is 0 Å². The van der Waals surface area contributed by atoms with Crippen molar-refractivity contribution in [2.75, 3.05) is 0 Å². The van der Waals surface area contributed by atoms with E-state index in [1.165, 1.54) is 49.8 Å². The van der Waals surface area contributed by atoms with Gasteiger partial charge < -0.3 is 11.5 Å². The highest BCUT2D eigenvalue weighted by Gasteiger charge is 2.35. The van der Waals surface area contributed by atoms with Crippen molar-refractivity contribution in [3.8, 4) is 11.3 Å². The first-order valence-corrected chi connectivity index (χ1v) is 11.1. The molecule has 6 heteroatoms. The Hall–Kier alpha value is -1.79. The summed E-state index contributed by atoms with van der Waals surface area (Å²) < 4.78 is 2.32. The van der Waals surface area contributed by atoms with Gasteiger partial charge in [-0.05, 0) is 69.8 Å². The molecule has 3 saturated carbocycles. The molecule has 5 rings (SSSR count). The largest absolute Gasteiger partial charge is 0.328 e. The molecule has 3 fully saturated rings. The molecular weight excluding hydrogens is 348 g/mol. The lowest BCUT2D eigenvalue weighted by Crippen LogP contribution is -2.44. The van der Waals surface area contributed by atoms with Gasteiger partial charge >= 0.3 is 0 Å². The highest BCUT2D eigenvalue weighted by molar-refractivity contribution is 5.61. The highest BCUT2D eigenvalue weighted by atomic mass is 15.3. The van der Waals surface area contributed by atoms with Crippen LogP contribution in [0, 0.1) is 5.92 Å². The van der Waals surface area contributed by atoms with E-state index in [0.29, 0.717) is 6.04 Å². The molecule has 3 aliphatic rings. The molecule has 0 amide bonds. The molecule has 0 saturated heterocycles. The predicted molar refractivity (Wildman–Crippen MR) is 109 cm³/mol. The van der Waals surface area contributed by atoms with Gasteiger partial charge in [-0.15, -0.1) is 0 Å². The van der Waals surface area contributed by atoms with Crippen LogP contribution < -0.4 is 11.5 Å². The zero-order valence-corrected chi connectivity index (χ0v) is 16.7. The molecule has 2 aromatic rings. The highest BCUT2D eigenvalue weighted by Crippen LogP contribution is 2.39. The minimum absolute atomic E-state index is 0.259. The van der Waals surface area contributed by atoms with Crippen molar-refractivity contribution in [2.45, 2.75) is 88.3 Å². The molecule has 0 radical (unpaired) electrons. The lowest BCUT2D eigenvalue weighted by atomic mass is 9.80. The summed E-state index contributed by atoms with van der Waals surface area (Å²) in [7, 11) is 0. The molecule has 0 spiro atoms. The van der Waals surface area contributed by atoms with Crippen LogP contribution in [0.2, 0.25) is 0 Å². The second-order valence-corrected chi connectivity index (χ2v) is 9.29. The van der Waals surface area contributed by atoms with E-state index in [0.717, 1.165) is 49.5 Å². The fraction of sp³-hybridized carbons (Fsp3) is 0.682. The molecular formula is C22H32N6. The van der Waals surface area contributed by atoms with Crippen LogP contribution >= 0.6 is 0 Å². The molecule has 0 aliphatic heterocycles. The van der Waals surface area contributed by atoms with Crippen molar-refractivity contribution < 1.29 is 0 Å². The van der Waals surface area contributed by atoms with Crippen LogP contribution in [0.3, 0.4) is 0 Å². The van der Waals surface area contributed by atoms with Gasteiger partial charge in [0.15, 0.2) is 0 Å². The minimum atomic E-state index is -0.454. The molecule has 6 nitrogen and oxygen atoms in total. The Morgan fingerprint density at radius 1 is 1.07 bits per heavy atom. The summed E-state index contributed by atoms with van der Waals surface area (Å²) >= 11 is 0. The predicted octanol–water partition coefficient (Wildman–Crippen LogP) is 3.46. The van der Waals surface area contributed by atoms with E-state index in [1.54, 1.807) is 0 Å². The third-order valence-electron chi connectivity index (χ3n) is 7.05. The van der Waals surface area contributed by atoms with E-state index in [1.807, 2.05) is 18.5 Å². The summed E-state index contributed by atoms with van der Waals surface area (Å²) in [5.74, 6) is 1.58. The number of nitrogens with zero attached hydrogens (tertiary/aromatic N) is 4. The maximum absolute atomic E-state index is 6.72. The lowest BCUT2D eigenvalue weighted by Gasteiger charge is -2.34. The van der Waals surface area contributed by atoms with Crippen molar-refractivity contribution >= 4 is 0 Å². The van der Waals surface area contributed by atoms with E-state index < -0.39 is 5.54 Å². The van der Waals surface area contributed by atoms with E-state index >= 15 is 0 Å². The number of nitrogens with two attached hydrogens (primary N) is 2.